The zero-order valence-electron chi connectivity index (χ0n) is 13.0. The van der Waals surface area contributed by atoms with Gasteiger partial charge in [-0.25, -0.2) is 4.39 Å². The average molecular weight is 291 g/mol. The summed E-state index contributed by atoms with van der Waals surface area (Å²) in [6.45, 7) is 8.17. The van der Waals surface area contributed by atoms with E-state index in [2.05, 4.69) is 21.7 Å². The molecule has 4 heteroatoms. The quantitative estimate of drug-likeness (QED) is 0.846. The van der Waals surface area contributed by atoms with Gasteiger partial charge in [-0.15, -0.1) is 0 Å². The summed E-state index contributed by atoms with van der Waals surface area (Å²) >= 11 is 0. The van der Waals surface area contributed by atoms with Crippen LogP contribution in [-0.2, 0) is 0 Å². The Balaban J connectivity index is 1.47. The number of piperazine rings is 1. The summed E-state index contributed by atoms with van der Waals surface area (Å²) in [4.78, 5) is 7.34. The number of likely N-dealkylation sites (N-methyl/N-ethyl adjacent to an activating group) is 1. The molecule has 0 radical (unpaired) electrons. The molecule has 2 aliphatic rings. The van der Waals surface area contributed by atoms with Crippen LogP contribution in [0.25, 0.3) is 0 Å². The lowest BCUT2D eigenvalue weighted by molar-refractivity contribution is 0.129. The lowest BCUT2D eigenvalue weighted by Gasteiger charge is -2.38. The highest BCUT2D eigenvalue weighted by atomic mass is 19.1. The van der Waals surface area contributed by atoms with Crippen molar-refractivity contribution in [2.45, 2.75) is 12.8 Å². The van der Waals surface area contributed by atoms with E-state index in [1.54, 1.807) is 12.1 Å². The number of rotatable bonds is 3. The molecule has 1 aromatic carbocycles. The summed E-state index contributed by atoms with van der Waals surface area (Å²) < 4.78 is 13.3. The van der Waals surface area contributed by atoms with E-state index in [0.29, 0.717) is 0 Å². The van der Waals surface area contributed by atoms with E-state index in [9.17, 15) is 4.39 Å². The molecule has 0 aromatic heterocycles. The molecule has 0 bridgehead atoms. The summed E-state index contributed by atoms with van der Waals surface area (Å²) in [5.74, 6) is 0.672. The van der Waals surface area contributed by atoms with Crippen LogP contribution in [0.5, 0.6) is 0 Å². The fraction of sp³-hybridized carbons (Fsp3) is 0.647. The second-order valence-corrected chi connectivity index (χ2v) is 6.51. The van der Waals surface area contributed by atoms with Gasteiger partial charge in [-0.1, -0.05) is 6.07 Å². The normalized spacial score (nSPS) is 22.7. The highest BCUT2D eigenvalue weighted by Crippen LogP contribution is 2.24. The van der Waals surface area contributed by atoms with Gasteiger partial charge in [0, 0.05) is 51.5 Å². The van der Waals surface area contributed by atoms with Crippen LogP contribution in [0.15, 0.2) is 24.3 Å². The van der Waals surface area contributed by atoms with Crippen LogP contribution in [0.2, 0.25) is 0 Å². The van der Waals surface area contributed by atoms with Crippen molar-refractivity contribution < 1.29 is 4.39 Å². The molecule has 21 heavy (non-hydrogen) atoms. The van der Waals surface area contributed by atoms with Gasteiger partial charge in [-0.3, -0.25) is 0 Å². The predicted octanol–water partition coefficient (Wildman–Crippen LogP) is 2.29. The number of halogens is 1. The molecular formula is C17H26FN3. The Morgan fingerprint density at radius 1 is 1.05 bits per heavy atom. The highest BCUT2D eigenvalue weighted by molar-refractivity contribution is 5.46. The van der Waals surface area contributed by atoms with Gasteiger partial charge in [-0.2, -0.15) is 0 Å². The van der Waals surface area contributed by atoms with Crippen molar-refractivity contribution in [3.05, 3.63) is 30.1 Å². The third-order valence-corrected chi connectivity index (χ3v) is 4.90. The van der Waals surface area contributed by atoms with Crippen molar-refractivity contribution in [3.8, 4) is 0 Å². The van der Waals surface area contributed by atoms with Crippen LogP contribution in [0.4, 0.5) is 10.1 Å². The van der Waals surface area contributed by atoms with E-state index < -0.39 is 0 Å². The lowest BCUT2D eigenvalue weighted by Crippen LogP contribution is -2.47. The molecule has 2 fully saturated rings. The fourth-order valence-electron chi connectivity index (χ4n) is 3.44. The topological polar surface area (TPSA) is 9.72 Å². The highest BCUT2D eigenvalue weighted by Gasteiger charge is 2.23. The van der Waals surface area contributed by atoms with Crippen molar-refractivity contribution in [2.75, 3.05) is 57.8 Å². The SMILES string of the molecule is CN1CCN(CC2CCN(c3cccc(F)c3)CC2)CC1. The Morgan fingerprint density at radius 3 is 2.43 bits per heavy atom. The number of hydrogen-bond donors (Lipinski definition) is 0. The van der Waals surface area contributed by atoms with Crippen molar-refractivity contribution in [2.24, 2.45) is 5.92 Å². The molecular weight excluding hydrogens is 265 g/mol. The van der Waals surface area contributed by atoms with Crippen LogP contribution in [-0.4, -0.2) is 62.7 Å². The smallest absolute Gasteiger partial charge is 0.125 e. The van der Waals surface area contributed by atoms with E-state index in [1.165, 1.54) is 51.6 Å². The molecule has 0 atom stereocenters. The maximum absolute atomic E-state index is 13.3. The third-order valence-electron chi connectivity index (χ3n) is 4.90. The number of nitrogens with zero attached hydrogens (tertiary/aromatic N) is 3. The monoisotopic (exact) mass is 291 g/mol. The summed E-state index contributed by atoms with van der Waals surface area (Å²) in [7, 11) is 2.20. The molecule has 2 saturated heterocycles. The molecule has 0 amide bonds. The molecule has 116 valence electrons. The Morgan fingerprint density at radius 2 is 1.76 bits per heavy atom. The minimum absolute atomic E-state index is 0.132. The molecule has 0 aliphatic carbocycles. The Bertz CT molecular complexity index is 449. The number of anilines is 1. The van der Waals surface area contributed by atoms with Gasteiger partial charge < -0.3 is 14.7 Å². The van der Waals surface area contributed by atoms with Gasteiger partial charge in [0.15, 0.2) is 0 Å². The van der Waals surface area contributed by atoms with Gasteiger partial charge in [0.25, 0.3) is 0 Å². The third kappa shape index (κ3) is 3.95. The van der Waals surface area contributed by atoms with E-state index >= 15 is 0 Å². The van der Waals surface area contributed by atoms with Gasteiger partial charge in [0.1, 0.15) is 5.82 Å². The summed E-state index contributed by atoms with van der Waals surface area (Å²) in [6.07, 6.45) is 2.45. The van der Waals surface area contributed by atoms with E-state index in [4.69, 9.17) is 0 Å². The van der Waals surface area contributed by atoms with Crippen molar-refractivity contribution >= 4 is 5.69 Å². The second kappa shape index (κ2) is 6.75. The van der Waals surface area contributed by atoms with Crippen molar-refractivity contribution in [1.29, 1.82) is 0 Å². The zero-order chi connectivity index (χ0) is 14.7. The zero-order valence-corrected chi connectivity index (χ0v) is 13.0. The maximum Gasteiger partial charge on any atom is 0.125 e. The molecule has 0 spiro atoms. The molecule has 1 aromatic rings. The van der Waals surface area contributed by atoms with E-state index in [0.717, 1.165) is 24.7 Å². The fourth-order valence-corrected chi connectivity index (χ4v) is 3.44. The van der Waals surface area contributed by atoms with Crippen LogP contribution in [0.1, 0.15) is 12.8 Å². The molecule has 3 nitrogen and oxygen atoms in total. The molecule has 2 heterocycles. The minimum atomic E-state index is -0.132. The number of benzene rings is 1. The van der Waals surface area contributed by atoms with Crippen LogP contribution >= 0.6 is 0 Å². The van der Waals surface area contributed by atoms with E-state index in [1.807, 2.05) is 6.07 Å². The minimum Gasteiger partial charge on any atom is -0.371 e. The van der Waals surface area contributed by atoms with Gasteiger partial charge in [-0.05, 0) is 44.0 Å². The van der Waals surface area contributed by atoms with Gasteiger partial charge in [0.2, 0.25) is 0 Å². The molecule has 0 saturated carbocycles. The average Bonchev–Trinajstić information content (AvgIpc) is 2.50. The van der Waals surface area contributed by atoms with Gasteiger partial charge in [0.05, 0.1) is 0 Å². The standard InChI is InChI=1S/C17H26FN3/c1-19-9-11-20(12-10-19)14-15-5-7-21(8-6-15)17-4-2-3-16(18)13-17/h2-4,13,15H,5-12,14H2,1H3. The first-order valence-electron chi connectivity index (χ1n) is 8.12. The first kappa shape index (κ1) is 14.8. The van der Waals surface area contributed by atoms with Crippen LogP contribution in [0, 0.1) is 11.7 Å². The number of hydrogen-bond acceptors (Lipinski definition) is 3. The van der Waals surface area contributed by atoms with Crippen LogP contribution < -0.4 is 4.90 Å². The summed E-state index contributed by atoms with van der Waals surface area (Å²) in [5, 5.41) is 0. The first-order valence-corrected chi connectivity index (χ1v) is 8.12. The lowest BCUT2D eigenvalue weighted by atomic mass is 9.95. The Hall–Kier alpha value is -1.13. The summed E-state index contributed by atoms with van der Waals surface area (Å²) in [5.41, 5.74) is 1.04. The van der Waals surface area contributed by atoms with E-state index in [-0.39, 0.29) is 5.82 Å². The largest absolute Gasteiger partial charge is 0.371 e. The number of piperidine rings is 1. The van der Waals surface area contributed by atoms with Gasteiger partial charge >= 0.3 is 0 Å². The van der Waals surface area contributed by atoms with Crippen molar-refractivity contribution in [3.63, 3.8) is 0 Å². The molecule has 3 rings (SSSR count). The van der Waals surface area contributed by atoms with Crippen LogP contribution in [0.3, 0.4) is 0 Å². The Labute approximate surface area is 127 Å². The summed E-state index contributed by atoms with van der Waals surface area (Å²) in [6, 6.07) is 7.00. The van der Waals surface area contributed by atoms with Crippen molar-refractivity contribution in [1.82, 2.24) is 9.80 Å². The second-order valence-electron chi connectivity index (χ2n) is 6.51. The molecule has 2 aliphatic heterocycles. The molecule has 0 N–H and O–H groups in total. The Kier molecular flexibility index (Phi) is 4.76. The predicted molar refractivity (Wildman–Crippen MR) is 85.3 cm³/mol. The molecule has 0 unspecified atom stereocenters. The first-order chi connectivity index (χ1) is 10.2. The maximum atomic E-state index is 13.3.